The van der Waals surface area contributed by atoms with Gasteiger partial charge in [-0.25, -0.2) is 22.9 Å². The number of sulfonamides is 1. The van der Waals surface area contributed by atoms with Crippen LogP contribution in [-0.4, -0.2) is 18.4 Å². The predicted octanol–water partition coefficient (Wildman–Crippen LogP) is 3.55. The van der Waals surface area contributed by atoms with Gasteiger partial charge in [-0.2, -0.15) is 13.2 Å². The first-order valence-corrected chi connectivity index (χ1v) is 8.67. The molecule has 0 saturated carbocycles. The van der Waals surface area contributed by atoms with E-state index in [0.717, 1.165) is 24.3 Å². The Labute approximate surface area is 145 Å². The van der Waals surface area contributed by atoms with Crippen LogP contribution in [0.4, 0.5) is 17.6 Å². The van der Waals surface area contributed by atoms with Crippen molar-refractivity contribution in [3.8, 4) is 22.5 Å². The Balaban J connectivity index is 2.18. The third-order valence-corrected chi connectivity index (χ3v) is 4.47. The highest BCUT2D eigenvalue weighted by Crippen LogP contribution is 2.36. The fourth-order valence-corrected chi connectivity index (χ4v) is 2.89. The molecule has 0 saturated heterocycles. The van der Waals surface area contributed by atoms with Gasteiger partial charge in [0.15, 0.2) is 0 Å². The molecule has 0 aliphatic heterocycles. The molecule has 3 N–H and O–H groups in total. The molecular formula is C16H11F4N3O2S. The minimum atomic E-state index is -4.74. The van der Waals surface area contributed by atoms with Gasteiger partial charge >= 0.3 is 6.18 Å². The van der Waals surface area contributed by atoms with E-state index in [0.29, 0.717) is 0 Å². The van der Waals surface area contributed by atoms with E-state index in [9.17, 15) is 26.0 Å². The van der Waals surface area contributed by atoms with Crippen LogP contribution in [0.3, 0.4) is 0 Å². The Bertz CT molecular complexity index is 1060. The van der Waals surface area contributed by atoms with Crippen LogP contribution in [0.15, 0.2) is 53.4 Å². The standard InChI is InChI=1S/C16H11F4N3O2S/c17-11-3-1-2-10(8-11)14-13(22-15(23-14)16(18,19)20)9-4-6-12(7-5-9)26(21,24)25/h1-8H,(H,22,23)(H2,21,24,25). The molecule has 0 spiro atoms. The summed E-state index contributed by atoms with van der Waals surface area (Å²) < 4.78 is 75.2. The molecule has 0 aliphatic rings. The summed E-state index contributed by atoms with van der Waals surface area (Å²) in [6, 6.07) is 9.87. The highest BCUT2D eigenvalue weighted by atomic mass is 32.2. The van der Waals surface area contributed by atoms with Crippen LogP contribution in [0.5, 0.6) is 0 Å². The number of nitrogens with zero attached hydrogens (tertiary/aromatic N) is 1. The zero-order valence-electron chi connectivity index (χ0n) is 12.9. The summed E-state index contributed by atoms with van der Waals surface area (Å²) in [6.45, 7) is 0. The summed E-state index contributed by atoms with van der Waals surface area (Å²) in [7, 11) is -3.94. The second-order valence-corrected chi connectivity index (χ2v) is 6.95. The molecule has 0 aliphatic carbocycles. The van der Waals surface area contributed by atoms with Crippen molar-refractivity contribution in [1.82, 2.24) is 9.97 Å². The van der Waals surface area contributed by atoms with Crippen LogP contribution in [0.2, 0.25) is 0 Å². The number of nitrogens with one attached hydrogen (secondary N) is 1. The summed E-state index contributed by atoms with van der Waals surface area (Å²) in [5, 5.41) is 5.01. The molecule has 1 heterocycles. The molecule has 0 radical (unpaired) electrons. The number of aromatic amines is 1. The first-order chi connectivity index (χ1) is 12.1. The molecule has 0 unspecified atom stereocenters. The number of alkyl halides is 3. The van der Waals surface area contributed by atoms with Crippen molar-refractivity contribution in [1.29, 1.82) is 0 Å². The van der Waals surface area contributed by atoms with Crippen molar-refractivity contribution >= 4 is 10.0 Å². The third kappa shape index (κ3) is 3.60. The normalized spacial score (nSPS) is 12.3. The SMILES string of the molecule is NS(=O)(=O)c1ccc(-c2[nH]c(C(F)(F)F)nc2-c2cccc(F)c2)cc1. The largest absolute Gasteiger partial charge is 0.449 e. The lowest BCUT2D eigenvalue weighted by Gasteiger charge is -2.05. The summed E-state index contributed by atoms with van der Waals surface area (Å²) in [6.07, 6.45) is -4.74. The molecule has 0 amide bonds. The van der Waals surface area contributed by atoms with E-state index in [2.05, 4.69) is 9.97 Å². The number of hydrogen-bond acceptors (Lipinski definition) is 3. The van der Waals surface area contributed by atoms with Crippen molar-refractivity contribution < 1.29 is 26.0 Å². The molecule has 26 heavy (non-hydrogen) atoms. The van der Waals surface area contributed by atoms with Gasteiger partial charge in [-0.1, -0.05) is 24.3 Å². The highest BCUT2D eigenvalue weighted by molar-refractivity contribution is 7.89. The van der Waals surface area contributed by atoms with Gasteiger partial charge in [0, 0.05) is 11.1 Å². The fourth-order valence-electron chi connectivity index (χ4n) is 2.37. The fraction of sp³-hybridized carbons (Fsp3) is 0.0625. The smallest absolute Gasteiger partial charge is 0.334 e. The molecule has 3 rings (SSSR count). The van der Waals surface area contributed by atoms with Crippen LogP contribution < -0.4 is 5.14 Å². The number of nitrogens with two attached hydrogens (primary N) is 1. The maximum absolute atomic E-state index is 13.5. The number of rotatable bonds is 3. The maximum atomic E-state index is 13.5. The van der Waals surface area contributed by atoms with Crippen molar-refractivity contribution in [3.63, 3.8) is 0 Å². The van der Waals surface area contributed by atoms with Crippen molar-refractivity contribution in [2.75, 3.05) is 0 Å². The summed E-state index contributed by atoms with van der Waals surface area (Å²) in [5.74, 6) is -1.88. The zero-order chi connectivity index (χ0) is 19.1. The van der Waals surface area contributed by atoms with Gasteiger partial charge in [-0.05, 0) is 24.3 Å². The molecule has 2 aromatic carbocycles. The monoisotopic (exact) mass is 385 g/mol. The second kappa shape index (κ2) is 6.22. The number of benzene rings is 2. The van der Waals surface area contributed by atoms with Crippen LogP contribution >= 0.6 is 0 Å². The molecule has 1 aromatic heterocycles. The Morgan fingerprint density at radius 1 is 1.00 bits per heavy atom. The lowest BCUT2D eigenvalue weighted by Crippen LogP contribution is -2.11. The van der Waals surface area contributed by atoms with Crippen LogP contribution in [-0.2, 0) is 16.2 Å². The predicted molar refractivity (Wildman–Crippen MR) is 85.8 cm³/mol. The average Bonchev–Trinajstić information content (AvgIpc) is 3.00. The van der Waals surface area contributed by atoms with E-state index < -0.39 is 27.8 Å². The molecule has 136 valence electrons. The van der Waals surface area contributed by atoms with E-state index in [1.54, 1.807) is 0 Å². The van der Waals surface area contributed by atoms with E-state index in [1.807, 2.05) is 0 Å². The van der Waals surface area contributed by atoms with Gasteiger partial charge in [0.05, 0.1) is 16.3 Å². The Morgan fingerprint density at radius 2 is 1.65 bits per heavy atom. The number of hydrogen-bond donors (Lipinski definition) is 2. The first-order valence-electron chi connectivity index (χ1n) is 7.12. The summed E-state index contributed by atoms with van der Waals surface area (Å²) >= 11 is 0. The quantitative estimate of drug-likeness (QED) is 0.676. The van der Waals surface area contributed by atoms with Crippen LogP contribution in [0.1, 0.15) is 5.82 Å². The van der Waals surface area contributed by atoms with Crippen LogP contribution in [0.25, 0.3) is 22.5 Å². The number of H-pyrrole nitrogens is 1. The number of aromatic nitrogens is 2. The van der Waals surface area contributed by atoms with Gasteiger partial charge in [-0.3, -0.25) is 0 Å². The molecule has 0 atom stereocenters. The molecular weight excluding hydrogens is 374 g/mol. The molecule has 5 nitrogen and oxygen atoms in total. The number of imidazole rings is 1. The lowest BCUT2D eigenvalue weighted by molar-refractivity contribution is -0.144. The van der Waals surface area contributed by atoms with Gasteiger partial charge in [0.2, 0.25) is 15.8 Å². The van der Waals surface area contributed by atoms with Gasteiger partial charge in [-0.15, -0.1) is 0 Å². The van der Waals surface area contributed by atoms with E-state index in [1.165, 1.54) is 24.3 Å². The number of halogens is 4. The molecule has 10 heteroatoms. The number of primary sulfonamides is 1. The van der Waals surface area contributed by atoms with E-state index >= 15 is 0 Å². The maximum Gasteiger partial charge on any atom is 0.449 e. The van der Waals surface area contributed by atoms with Crippen molar-refractivity contribution in [3.05, 3.63) is 60.2 Å². The topological polar surface area (TPSA) is 88.8 Å². The minimum Gasteiger partial charge on any atom is -0.334 e. The van der Waals surface area contributed by atoms with Gasteiger partial charge < -0.3 is 4.98 Å². The molecule has 0 bridgehead atoms. The first kappa shape index (κ1) is 18.1. The van der Waals surface area contributed by atoms with E-state index in [4.69, 9.17) is 5.14 Å². The molecule has 0 fully saturated rings. The van der Waals surface area contributed by atoms with Gasteiger partial charge in [0.25, 0.3) is 0 Å². The highest BCUT2D eigenvalue weighted by Gasteiger charge is 2.36. The minimum absolute atomic E-state index is 0.0242. The third-order valence-electron chi connectivity index (χ3n) is 3.54. The summed E-state index contributed by atoms with van der Waals surface area (Å²) in [4.78, 5) is 5.53. The zero-order valence-corrected chi connectivity index (χ0v) is 13.7. The Hall–Kier alpha value is -2.72. The molecule has 3 aromatic rings. The Kier molecular flexibility index (Phi) is 4.32. The van der Waals surface area contributed by atoms with Crippen molar-refractivity contribution in [2.45, 2.75) is 11.1 Å². The second-order valence-electron chi connectivity index (χ2n) is 5.39. The van der Waals surface area contributed by atoms with Gasteiger partial charge in [0.1, 0.15) is 5.82 Å². The van der Waals surface area contributed by atoms with Crippen molar-refractivity contribution in [2.24, 2.45) is 5.14 Å². The average molecular weight is 385 g/mol. The van der Waals surface area contributed by atoms with E-state index in [-0.39, 0.29) is 27.4 Å². The Morgan fingerprint density at radius 3 is 2.19 bits per heavy atom. The lowest BCUT2D eigenvalue weighted by atomic mass is 10.1. The van der Waals surface area contributed by atoms with Crippen LogP contribution in [0, 0.1) is 5.82 Å². The summed E-state index contributed by atoms with van der Waals surface area (Å²) in [5.41, 5.74) is 0.242.